The summed E-state index contributed by atoms with van der Waals surface area (Å²) in [7, 11) is -3.63. The third-order valence-corrected chi connectivity index (χ3v) is 4.68. The van der Waals surface area contributed by atoms with Crippen LogP contribution in [0.4, 0.5) is 5.69 Å². The molecule has 1 aromatic carbocycles. The smallest absolute Gasteiger partial charge is 0.261 e. The fourth-order valence-electron chi connectivity index (χ4n) is 2.06. The van der Waals surface area contributed by atoms with Gasteiger partial charge < -0.3 is 5.73 Å². The quantitative estimate of drug-likeness (QED) is 0.907. The van der Waals surface area contributed by atoms with Crippen LogP contribution >= 0.6 is 0 Å². The van der Waals surface area contributed by atoms with Crippen LogP contribution in [-0.2, 0) is 16.6 Å². The summed E-state index contributed by atoms with van der Waals surface area (Å²) in [5.41, 5.74) is 9.37. The van der Waals surface area contributed by atoms with Crippen molar-refractivity contribution in [1.82, 2.24) is 4.98 Å². The summed E-state index contributed by atoms with van der Waals surface area (Å²) in [4.78, 5) is 4.47. The molecule has 5 nitrogen and oxygen atoms in total. The van der Waals surface area contributed by atoms with Crippen LogP contribution in [0.25, 0.3) is 0 Å². The molecule has 0 spiro atoms. The molecule has 0 aliphatic carbocycles. The molecule has 0 aliphatic rings. The second kappa shape index (κ2) is 5.83. The Labute approximate surface area is 125 Å². The molecule has 21 heavy (non-hydrogen) atoms. The normalized spacial score (nSPS) is 11.4. The molecule has 0 bridgehead atoms. The van der Waals surface area contributed by atoms with E-state index >= 15 is 0 Å². The van der Waals surface area contributed by atoms with E-state index in [0.29, 0.717) is 17.9 Å². The summed E-state index contributed by atoms with van der Waals surface area (Å²) in [5.74, 6) is 0. The molecule has 1 heterocycles. The summed E-state index contributed by atoms with van der Waals surface area (Å²) in [5, 5.41) is 0. The molecular formula is C15H19N3O2S. The van der Waals surface area contributed by atoms with Gasteiger partial charge in [0.15, 0.2) is 0 Å². The molecule has 0 saturated heterocycles. The number of benzene rings is 1. The number of pyridine rings is 1. The SMILES string of the molecule is Cc1ccc(NS(=O)(=O)c2ccc(CN)c(C)c2)c(C)n1. The van der Waals surface area contributed by atoms with Crippen LogP contribution in [0.5, 0.6) is 0 Å². The van der Waals surface area contributed by atoms with Crippen molar-refractivity contribution in [3.05, 3.63) is 52.8 Å². The van der Waals surface area contributed by atoms with E-state index in [-0.39, 0.29) is 4.90 Å². The largest absolute Gasteiger partial charge is 0.326 e. The van der Waals surface area contributed by atoms with Gasteiger partial charge in [0.25, 0.3) is 10.0 Å². The van der Waals surface area contributed by atoms with Gasteiger partial charge >= 0.3 is 0 Å². The molecule has 112 valence electrons. The number of sulfonamides is 1. The van der Waals surface area contributed by atoms with Gasteiger partial charge in [-0.1, -0.05) is 6.07 Å². The van der Waals surface area contributed by atoms with E-state index in [1.54, 1.807) is 37.3 Å². The molecule has 6 heteroatoms. The second-order valence-corrected chi connectivity index (χ2v) is 6.67. The maximum absolute atomic E-state index is 12.4. The van der Waals surface area contributed by atoms with E-state index in [9.17, 15) is 8.42 Å². The van der Waals surface area contributed by atoms with Crippen molar-refractivity contribution in [3.63, 3.8) is 0 Å². The van der Waals surface area contributed by atoms with Crippen LogP contribution in [0.1, 0.15) is 22.5 Å². The number of hydrogen-bond acceptors (Lipinski definition) is 4. The first kappa shape index (κ1) is 15.5. The summed E-state index contributed by atoms with van der Waals surface area (Å²) in [6.07, 6.45) is 0. The van der Waals surface area contributed by atoms with E-state index in [0.717, 1.165) is 16.8 Å². The van der Waals surface area contributed by atoms with Gasteiger partial charge in [-0.15, -0.1) is 0 Å². The molecule has 0 amide bonds. The van der Waals surface area contributed by atoms with Gasteiger partial charge in [0.1, 0.15) is 0 Å². The summed E-state index contributed by atoms with van der Waals surface area (Å²) < 4.78 is 27.4. The average molecular weight is 305 g/mol. The molecule has 0 radical (unpaired) electrons. The average Bonchev–Trinajstić information content (AvgIpc) is 2.42. The zero-order valence-corrected chi connectivity index (χ0v) is 13.2. The lowest BCUT2D eigenvalue weighted by atomic mass is 10.1. The highest BCUT2D eigenvalue weighted by Crippen LogP contribution is 2.20. The fourth-order valence-corrected chi connectivity index (χ4v) is 3.26. The number of anilines is 1. The van der Waals surface area contributed by atoms with Gasteiger partial charge in [-0.2, -0.15) is 0 Å². The van der Waals surface area contributed by atoms with Gasteiger partial charge in [0, 0.05) is 12.2 Å². The monoisotopic (exact) mass is 305 g/mol. The Morgan fingerprint density at radius 1 is 1.14 bits per heavy atom. The molecule has 0 saturated carbocycles. The van der Waals surface area contributed by atoms with Gasteiger partial charge in [-0.25, -0.2) is 8.42 Å². The fraction of sp³-hybridized carbons (Fsp3) is 0.267. The first-order valence-corrected chi connectivity index (χ1v) is 8.08. The van der Waals surface area contributed by atoms with Gasteiger partial charge in [-0.3, -0.25) is 9.71 Å². The topological polar surface area (TPSA) is 85.1 Å². The van der Waals surface area contributed by atoms with E-state index < -0.39 is 10.0 Å². The molecule has 0 aliphatic heterocycles. The third-order valence-electron chi connectivity index (χ3n) is 3.31. The van der Waals surface area contributed by atoms with Gasteiger partial charge in [0.05, 0.1) is 16.3 Å². The Kier molecular flexibility index (Phi) is 4.29. The van der Waals surface area contributed by atoms with Crippen LogP contribution in [-0.4, -0.2) is 13.4 Å². The highest BCUT2D eigenvalue weighted by atomic mass is 32.2. The first-order valence-electron chi connectivity index (χ1n) is 6.60. The van der Waals surface area contributed by atoms with Crippen LogP contribution < -0.4 is 10.5 Å². The van der Waals surface area contributed by atoms with Crippen LogP contribution in [0.3, 0.4) is 0 Å². The molecule has 0 fully saturated rings. The number of rotatable bonds is 4. The molecule has 1 aromatic heterocycles. The number of nitrogens with one attached hydrogen (secondary N) is 1. The number of nitrogens with zero attached hydrogens (tertiary/aromatic N) is 1. The predicted molar refractivity (Wildman–Crippen MR) is 83.6 cm³/mol. The van der Waals surface area contributed by atoms with Crippen molar-refractivity contribution in [1.29, 1.82) is 0 Å². The van der Waals surface area contributed by atoms with Gasteiger partial charge in [0.2, 0.25) is 0 Å². The van der Waals surface area contributed by atoms with Crippen molar-refractivity contribution < 1.29 is 8.42 Å². The van der Waals surface area contributed by atoms with Crippen LogP contribution in [0.2, 0.25) is 0 Å². The van der Waals surface area contributed by atoms with Crippen molar-refractivity contribution in [3.8, 4) is 0 Å². The van der Waals surface area contributed by atoms with Crippen molar-refractivity contribution in [2.75, 3.05) is 4.72 Å². The summed E-state index contributed by atoms with van der Waals surface area (Å²) in [6.45, 7) is 5.87. The van der Waals surface area contributed by atoms with Crippen molar-refractivity contribution in [2.45, 2.75) is 32.2 Å². The number of aromatic nitrogens is 1. The highest BCUT2D eigenvalue weighted by Gasteiger charge is 2.16. The Morgan fingerprint density at radius 3 is 2.43 bits per heavy atom. The minimum absolute atomic E-state index is 0.220. The maximum atomic E-state index is 12.4. The minimum atomic E-state index is -3.63. The Hall–Kier alpha value is -1.92. The lowest BCUT2D eigenvalue weighted by Crippen LogP contribution is -2.15. The van der Waals surface area contributed by atoms with Crippen molar-refractivity contribution >= 4 is 15.7 Å². The molecular weight excluding hydrogens is 286 g/mol. The number of aryl methyl sites for hydroxylation is 3. The lowest BCUT2D eigenvalue weighted by molar-refractivity contribution is 0.601. The van der Waals surface area contributed by atoms with E-state index in [4.69, 9.17) is 5.73 Å². The number of nitrogens with two attached hydrogens (primary N) is 1. The van der Waals surface area contributed by atoms with Crippen LogP contribution in [0.15, 0.2) is 35.2 Å². The highest BCUT2D eigenvalue weighted by molar-refractivity contribution is 7.92. The first-order chi connectivity index (χ1) is 9.83. The zero-order valence-electron chi connectivity index (χ0n) is 12.3. The molecule has 0 unspecified atom stereocenters. The second-order valence-electron chi connectivity index (χ2n) is 4.98. The van der Waals surface area contributed by atoms with E-state index in [1.165, 1.54) is 0 Å². The Balaban J connectivity index is 2.36. The van der Waals surface area contributed by atoms with Gasteiger partial charge in [-0.05, 0) is 56.2 Å². The number of hydrogen-bond donors (Lipinski definition) is 2. The standard InChI is InChI=1S/C15H19N3O2S/c1-10-8-14(6-5-13(10)9-16)21(19,20)18-15-7-4-11(2)17-12(15)3/h4-8,18H,9,16H2,1-3H3. The molecule has 2 aromatic rings. The molecule has 2 rings (SSSR count). The third kappa shape index (κ3) is 3.40. The zero-order chi connectivity index (χ0) is 15.6. The summed E-state index contributed by atoms with van der Waals surface area (Å²) in [6, 6.07) is 8.42. The maximum Gasteiger partial charge on any atom is 0.261 e. The van der Waals surface area contributed by atoms with Crippen molar-refractivity contribution in [2.24, 2.45) is 5.73 Å². The summed E-state index contributed by atoms with van der Waals surface area (Å²) >= 11 is 0. The molecule has 3 N–H and O–H groups in total. The Morgan fingerprint density at radius 2 is 1.86 bits per heavy atom. The van der Waals surface area contributed by atoms with E-state index in [2.05, 4.69) is 9.71 Å². The van der Waals surface area contributed by atoms with E-state index in [1.807, 2.05) is 13.8 Å². The molecule has 0 atom stereocenters. The Bertz CT molecular complexity index is 770. The predicted octanol–water partition coefficient (Wildman–Crippen LogP) is 2.27. The minimum Gasteiger partial charge on any atom is -0.326 e. The lowest BCUT2D eigenvalue weighted by Gasteiger charge is -2.12. The van der Waals surface area contributed by atoms with Crippen LogP contribution in [0, 0.1) is 20.8 Å².